The Morgan fingerprint density at radius 3 is 2.56 bits per heavy atom. The zero-order valence-corrected chi connectivity index (χ0v) is 29.0. The average Bonchev–Trinajstić information content (AvgIpc) is 3.52. The number of piperazine rings is 1. The molecular weight excluding hydrogens is 703 g/mol. The minimum Gasteiger partial charge on any atom is -0.507 e. The number of anilines is 1. The van der Waals surface area contributed by atoms with E-state index in [0.717, 1.165) is 0 Å². The van der Waals surface area contributed by atoms with E-state index in [1.807, 2.05) is 11.8 Å². The van der Waals surface area contributed by atoms with E-state index in [1.54, 1.807) is 33.9 Å². The Bertz CT molecular complexity index is 2270. The summed E-state index contributed by atoms with van der Waals surface area (Å²) >= 11 is 1.25. The maximum atomic E-state index is 14.4. The van der Waals surface area contributed by atoms with Crippen LogP contribution in [-0.4, -0.2) is 86.8 Å². The number of benzene rings is 1. The minimum atomic E-state index is -4.22. The number of thiazole rings is 1. The van der Waals surface area contributed by atoms with Gasteiger partial charge in [-0.05, 0) is 49.3 Å². The van der Waals surface area contributed by atoms with Crippen LogP contribution in [0.15, 0.2) is 46.1 Å². The normalized spacial score (nSPS) is 21.5. The number of oxazole rings is 1. The molecule has 2 saturated carbocycles. The molecule has 8 rings (SSSR count). The van der Waals surface area contributed by atoms with Crippen molar-refractivity contribution in [2.24, 2.45) is 17.8 Å². The van der Waals surface area contributed by atoms with Crippen LogP contribution in [0.4, 0.5) is 18.9 Å². The zero-order valence-electron chi connectivity index (χ0n) is 28.1. The number of phenolic OH excluding ortho intramolecular Hbond substituents is 1. The molecule has 2 aliphatic carbocycles. The lowest BCUT2D eigenvalue weighted by Crippen LogP contribution is -2.50. The predicted molar refractivity (Wildman–Crippen MR) is 185 cm³/mol. The second-order valence-electron chi connectivity index (χ2n) is 13.4. The standard InChI is InChI=1S/C35H34F3N7O6S/c1-3-22-29(43-8-10-44(11-9-43)33(49)26-23(46)5-4-21-31(26)51-16-40-21)30(48)28-34(52-32(42-28)17-6-7-39-25(12-17)50-2)45(22)15-24(47)41-18-13-19-20(14-18)27(19)35(36,37)38/h4-7,12,16,18-20,27,46H,3,8-11,13-15H2,1-2H3,(H,41,47). The maximum absolute atomic E-state index is 14.4. The van der Waals surface area contributed by atoms with Crippen LogP contribution in [0.3, 0.4) is 0 Å². The molecule has 1 saturated heterocycles. The fraction of sp³-hybridized carbons (Fsp3) is 0.429. The Balaban J connectivity index is 1.10. The number of ether oxygens (including phenoxy) is 1. The van der Waals surface area contributed by atoms with Crippen LogP contribution in [0.5, 0.6) is 11.6 Å². The highest BCUT2D eigenvalue weighted by molar-refractivity contribution is 7.21. The number of hydrogen-bond acceptors (Lipinski definition) is 11. The molecule has 17 heteroatoms. The molecule has 272 valence electrons. The van der Waals surface area contributed by atoms with E-state index in [0.29, 0.717) is 44.6 Å². The van der Waals surface area contributed by atoms with Gasteiger partial charge in [0.1, 0.15) is 44.4 Å². The number of amides is 2. The van der Waals surface area contributed by atoms with Crippen molar-refractivity contribution in [1.82, 2.24) is 29.7 Å². The number of methoxy groups -OCH3 is 1. The van der Waals surface area contributed by atoms with Gasteiger partial charge in [-0.3, -0.25) is 14.4 Å². The molecule has 3 fully saturated rings. The minimum absolute atomic E-state index is 0.0173. The quantitative estimate of drug-likeness (QED) is 0.231. The fourth-order valence-electron chi connectivity index (χ4n) is 8.04. The van der Waals surface area contributed by atoms with E-state index in [4.69, 9.17) is 14.1 Å². The Morgan fingerprint density at radius 1 is 1.12 bits per heavy atom. The monoisotopic (exact) mass is 737 g/mol. The van der Waals surface area contributed by atoms with E-state index < -0.39 is 29.8 Å². The summed E-state index contributed by atoms with van der Waals surface area (Å²) in [5.41, 5.74) is 2.14. The SMILES string of the molecule is CCc1c(N2CCN(C(=O)c3c(O)ccc4ncoc34)CC2)c(=O)c2nc(-c3ccnc(OC)c3)sc2n1CC(=O)NC1CC2C(C1)C2C(F)(F)F. The number of hydrogen-bond donors (Lipinski definition) is 2. The molecule has 2 amide bonds. The average molecular weight is 738 g/mol. The first-order chi connectivity index (χ1) is 25.0. The number of aromatic nitrogens is 4. The molecule has 1 aromatic carbocycles. The largest absolute Gasteiger partial charge is 0.507 e. The van der Waals surface area contributed by atoms with Crippen molar-refractivity contribution in [2.75, 3.05) is 38.2 Å². The van der Waals surface area contributed by atoms with Gasteiger partial charge in [0.25, 0.3) is 5.91 Å². The molecule has 0 spiro atoms. The molecule has 2 N–H and O–H groups in total. The number of fused-ring (bicyclic) bond motifs is 3. The number of halogens is 3. The Kier molecular flexibility index (Phi) is 8.34. The summed E-state index contributed by atoms with van der Waals surface area (Å²) in [5.74, 6) is -2.85. The molecule has 1 aliphatic heterocycles. The van der Waals surface area contributed by atoms with E-state index in [1.165, 1.54) is 30.9 Å². The molecule has 5 heterocycles. The second kappa shape index (κ2) is 12.8. The molecule has 13 nitrogen and oxygen atoms in total. The van der Waals surface area contributed by atoms with Crippen molar-refractivity contribution < 1.29 is 37.0 Å². The molecule has 2 atom stereocenters. The van der Waals surface area contributed by atoms with Crippen LogP contribution in [0, 0.1) is 17.8 Å². The third-order valence-corrected chi connectivity index (χ3v) is 11.6. The molecule has 0 bridgehead atoms. The van der Waals surface area contributed by atoms with Gasteiger partial charge in [-0.2, -0.15) is 13.2 Å². The topological polar surface area (TPSA) is 156 Å². The first-order valence-electron chi connectivity index (χ1n) is 17.0. The van der Waals surface area contributed by atoms with Gasteiger partial charge in [-0.15, -0.1) is 0 Å². The van der Waals surface area contributed by atoms with Crippen molar-refractivity contribution in [3.05, 3.63) is 58.3 Å². The van der Waals surface area contributed by atoms with Gasteiger partial charge >= 0.3 is 6.18 Å². The highest BCUT2D eigenvalue weighted by Gasteiger charge is 2.67. The van der Waals surface area contributed by atoms with Crippen LogP contribution in [0.25, 0.3) is 32.0 Å². The lowest BCUT2D eigenvalue weighted by atomic mass is 10.1. The fourth-order valence-corrected chi connectivity index (χ4v) is 9.13. The summed E-state index contributed by atoms with van der Waals surface area (Å²) < 4.78 is 52.4. The number of alkyl halides is 3. The molecule has 4 aromatic heterocycles. The third-order valence-electron chi connectivity index (χ3n) is 10.5. The number of nitrogens with one attached hydrogen (secondary N) is 1. The number of carbonyl (C=O) groups is 2. The van der Waals surface area contributed by atoms with E-state index >= 15 is 0 Å². The van der Waals surface area contributed by atoms with Gasteiger partial charge in [0.15, 0.2) is 12.0 Å². The Hall–Kier alpha value is -5.19. The van der Waals surface area contributed by atoms with Crippen molar-refractivity contribution in [3.8, 4) is 22.2 Å². The van der Waals surface area contributed by atoms with Crippen molar-refractivity contribution in [2.45, 2.75) is 44.9 Å². The molecule has 52 heavy (non-hydrogen) atoms. The van der Waals surface area contributed by atoms with Crippen LogP contribution in [0.2, 0.25) is 0 Å². The predicted octanol–water partition coefficient (Wildman–Crippen LogP) is 4.60. The highest BCUT2D eigenvalue weighted by Crippen LogP contribution is 2.63. The smallest absolute Gasteiger partial charge is 0.392 e. The van der Waals surface area contributed by atoms with Gasteiger partial charge in [0.05, 0.1) is 13.0 Å². The number of pyridine rings is 2. The van der Waals surface area contributed by atoms with Crippen LogP contribution in [-0.2, 0) is 17.8 Å². The molecule has 0 radical (unpaired) electrons. The lowest BCUT2D eigenvalue weighted by Gasteiger charge is -2.37. The summed E-state index contributed by atoms with van der Waals surface area (Å²) in [6.07, 6.45) is -0.487. The Morgan fingerprint density at radius 2 is 1.87 bits per heavy atom. The first-order valence-corrected chi connectivity index (χ1v) is 17.8. The van der Waals surface area contributed by atoms with Gasteiger partial charge in [0, 0.05) is 55.7 Å². The molecule has 3 aliphatic rings. The summed E-state index contributed by atoms with van der Waals surface area (Å²) in [5, 5.41) is 14.0. The van der Waals surface area contributed by atoms with Crippen molar-refractivity contribution in [1.29, 1.82) is 0 Å². The summed E-state index contributed by atoms with van der Waals surface area (Å²) in [4.78, 5) is 58.5. The van der Waals surface area contributed by atoms with Gasteiger partial charge in [-0.25, -0.2) is 15.0 Å². The van der Waals surface area contributed by atoms with Crippen molar-refractivity contribution in [3.63, 3.8) is 0 Å². The number of nitrogens with zero attached hydrogens (tertiary/aromatic N) is 6. The molecular formula is C35H34F3N7O6S. The second-order valence-corrected chi connectivity index (χ2v) is 14.4. The number of carbonyl (C=O) groups excluding carboxylic acids is 2. The van der Waals surface area contributed by atoms with Crippen LogP contribution >= 0.6 is 11.3 Å². The number of phenols is 1. The maximum Gasteiger partial charge on any atom is 0.392 e. The van der Waals surface area contributed by atoms with E-state index in [-0.39, 0.29) is 85.4 Å². The summed E-state index contributed by atoms with van der Waals surface area (Å²) in [6.45, 7) is 2.74. The highest BCUT2D eigenvalue weighted by atomic mass is 32.1. The van der Waals surface area contributed by atoms with Crippen LogP contribution in [0.1, 0.15) is 35.8 Å². The van der Waals surface area contributed by atoms with Gasteiger partial charge < -0.3 is 33.9 Å². The Labute approximate surface area is 298 Å². The first kappa shape index (κ1) is 33.9. The summed E-state index contributed by atoms with van der Waals surface area (Å²) in [6, 6.07) is 6.05. The van der Waals surface area contributed by atoms with E-state index in [9.17, 15) is 32.7 Å². The molecule has 5 aromatic rings. The number of rotatable bonds is 8. The summed E-state index contributed by atoms with van der Waals surface area (Å²) in [7, 11) is 1.49. The third kappa shape index (κ3) is 5.80. The van der Waals surface area contributed by atoms with Crippen molar-refractivity contribution >= 4 is 50.3 Å². The lowest BCUT2D eigenvalue weighted by molar-refractivity contribution is -0.156. The van der Waals surface area contributed by atoms with Gasteiger partial charge in [0.2, 0.25) is 17.2 Å². The van der Waals surface area contributed by atoms with Gasteiger partial charge in [-0.1, -0.05) is 18.3 Å². The molecule has 2 unspecified atom stereocenters. The van der Waals surface area contributed by atoms with E-state index in [2.05, 4.69) is 15.3 Å². The zero-order chi connectivity index (χ0) is 36.5. The number of aromatic hydroxyl groups is 1. The van der Waals surface area contributed by atoms with Crippen LogP contribution < -0.4 is 20.4 Å².